The Kier molecular flexibility index (Phi) is 41.5. The first-order valence-electron chi connectivity index (χ1n) is 48.1. The van der Waals surface area contributed by atoms with Crippen LogP contribution in [0, 0.1) is 5.92 Å². The second kappa shape index (κ2) is 50.0. The minimum Gasteiger partial charge on any atom is -0.507 e. The molecule has 10 rings (SSSR count). The number of thioether (sulfide) groups is 4. The molecule has 9 nitrogen and oxygen atoms in total. The number of phenols is 3. The van der Waals surface area contributed by atoms with Crippen molar-refractivity contribution in [2.75, 3.05) is 50.8 Å². The second-order valence-corrected chi connectivity index (χ2v) is 48.0. The number of unbranched alkanes of at least 4 members (excludes halogenated alkanes) is 7. The molecule has 1 aliphatic heterocycles. The highest BCUT2D eigenvalue weighted by molar-refractivity contribution is 8.13. The quantitative estimate of drug-likeness (QED) is 0.0251. The maximum absolute atomic E-state index is 13.6. The summed E-state index contributed by atoms with van der Waals surface area (Å²) < 4.78 is 0. The van der Waals surface area contributed by atoms with Gasteiger partial charge in [-0.15, -0.1) is 23.5 Å². The van der Waals surface area contributed by atoms with Gasteiger partial charge in [-0.25, -0.2) is 0 Å². The molecular formula is C115H159N3O6S5. The first-order valence-corrected chi connectivity index (χ1v) is 52.8. The molecule has 9 aromatic rings. The first kappa shape index (κ1) is 107. The number of nitrogens with zero attached hydrogens (tertiary/aromatic N) is 3. The lowest BCUT2D eigenvalue weighted by atomic mass is 9.79. The topological polar surface area (TPSA) is 122 Å². The highest BCUT2D eigenvalue weighted by Gasteiger charge is 2.32. The Morgan fingerprint density at radius 1 is 0.380 bits per heavy atom. The number of benzene rings is 9. The van der Waals surface area contributed by atoms with E-state index in [1.165, 1.54) is 89.7 Å². The van der Waals surface area contributed by atoms with Crippen LogP contribution in [0.15, 0.2) is 213 Å². The lowest BCUT2D eigenvalue weighted by Crippen LogP contribution is -2.39. The minimum absolute atomic E-state index is 0.120. The third-order valence-corrected chi connectivity index (χ3v) is 29.5. The van der Waals surface area contributed by atoms with Crippen LogP contribution in [0.25, 0.3) is 0 Å². The van der Waals surface area contributed by atoms with Crippen molar-refractivity contribution in [2.45, 2.75) is 357 Å². The Bertz CT molecular complexity index is 4880. The molecule has 9 aromatic carbocycles. The van der Waals surface area contributed by atoms with E-state index in [9.17, 15) is 29.7 Å². The summed E-state index contributed by atoms with van der Waals surface area (Å²) >= 11 is 8.71. The van der Waals surface area contributed by atoms with Crippen molar-refractivity contribution in [3.63, 3.8) is 0 Å². The van der Waals surface area contributed by atoms with Crippen LogP contribution >= 0.6 is 58.8 Å². The number of hydrogen-bond donors (Lipinski definition) is 3. The van der Waals surface area contributed by atoms with Gasteiger partial charge in [0.1, 0.15) is 17.2 Å². The summed E-state index contributed by atoms with van der Waals surface area (Å²) in [5.74, 6) is 5.96. The van der Waals surface area contributed by atoms with E-state index in [0.717, 1.165) is 169 Å². The Balaban J connectivity index is 0.000000239. The van der Waals surface area contributed by atoms with Gasteiger partial charge in [0.15, 0.2) is 5.12 Å². The van der Waals surface area contributed by atoms with Crippen LogP contribution in [-0.4, -0.2) is 80.4 Å². The minimum atomic E-state index is -0.202. The van der Waals surface area contributed by atoms with Crippen molar-refractivity contribution in [1.82, 2.24) is 0 Å². The van der Waals surface area contributed by atoms with E-state index in [-0.39, 0.29) is 55.5 Å². The van der Waals surface area contributed by atoms with Gasteiger partial charge in [-0.3, -0.25) is 14.4 Å². The molecular weight excluding hydrogens is 1680 g/mol. The number of aromatic hydroxyl groups is 3. The van der Waals surface area contributed by atoms with Crippen molar-refractivity contribution in [3.8, 4) is 17.2 Å². The fourth-order valence-corrected chi connectivity index (χ4v) is 21.7. The van der Waals surface area contributed by atoms with Gasteiger partial charge in [-0.05, 0) is 234 Å². The number of anilines is 3. The molecule has 0 saturated heterocycles. The number of carbonyl (C=O) groups is 3. The standard InChI is InChI=1S/C39H55NO2S.C38H51NO2S2.C38H53NO2S2/c1-9-10-17-29(2)40(32-23-21-31(22-24-32)26-30-18-13-11-14-19-30)25-16-12-15-20-36(41)43-33-27-34(38(3,4)5)37(42)35(28-33)39(6,7)8;1-8-9-14-21-39(29-20-19-28-23-27-16-12-13-17-33(27)43-34(28)24-29)35(40)18-11-10-15-22-42-30-25-31(37(2,3)4)36(41)32(26-30)38(5,6)7;1-27(2)23-28(3)39(31-17-15-30(16-18-31)24-29-13-11-10-12-14-29)35(40)19-20-42-21-22-43-32-25-33(37(4,5)6)36(41)34(26-32)38(7,8)9/h11,13-14,18-19,21-24,27-29,42H,9-10,12,15-17,20,25-26H2,1-8H3;12-13,16-17,19-20,24-26,41H,8-11,14-15,18,21-23H2,1-7H3;10-18,25-28,41H,19-24H2,1-9H3. The van der Waals surface area contributed by atoms with Gasteiger partial charge in [0.05, 0.1) is 0 Å². The van der Waals surface area contributed by atoms with Gasteiger partial charge >= 0.3 is 0 Å². The number of hydrogen-bond acceptors (Lipinski definition) is 12. The van der Waals surface area contributed by atoms with Crippen LogP contribution in [0.1, 0.15) is 336 Å². The number of amides is 2. The molecule has 0 saturated carbocycles. The molecule has 700 valence electrons. The molecule has 0 aromatic heterocycles. The van der Waals surface area contributed by atoms with Crippen molar-refractivity contribution in [2.24, 2.45) is 5.92 Å². The monoisotopic (exact) mass is 1840 g/mol. The largest absolute Gasteiger partial charge is 0.507 e. The molecule has 2 unspecified atom stereocenters. The molecule has 1 aliphatic rings. The Morgan fingerprint density at radius 3 is 1.29 bits per heavy atom. The molecule has 0 fully saturated rings. The van der Waals surface area contributed by atoms with Crippen LogP contribution in [0.4, 0.5) is 17.1 Å². The van der Waals surface area contributed by atoms with Crippen LogP contribution in [0.2, 0.25) is 0 Å². The SMILES string of the molecule is CC(C)CC(C)N(C(=O)CCSCCSc1cc(C(C)(C)C)c(O)c(C(C)(C)C)c1)c1ccc(Cc2ccccc2)cc1.CCCCC(C)N(CCCCCC(=O)Sc1cc(C(C)(C)C)c(O)c(C(C)(C)C)c1)c1ccc(Cc2ccccc2)cc1.CCCCCN(C(=O)CCCCCSc1cc(C(C)(C)C)c(O)c(C(C)(C)C)c1)c1ccc2c(c1)Sc1ccccc1C2. The fourth-order valence-electron chi connectivity index (χ4n) is 16.7. The molecule has 0 bridgehead atoms. The van der Waals surface area contributed by atoms with Crippen LogP contribution < -0.4 is 14.7 Å². The average molecular weight is 1840 g/mol. The van der Waals surface area contributed by atoms with Crippen molar-refractivity contribution < 1.29 is 29.7 Å². The fraction of sp³-hybridized carbons (Fsp3) is 0.504. The molecule has 3 N–H and O–H groups in total. The Hall–Kier alpha value is -7.46. The smallest absolute Gasteiger partial charge is 0.228 e. The number of rotatable bonds is 39. The van der Waals surface area contributed by atoms with Gasteiger partial charge in [-0.2, -0.15) is 11.8 Å². The van der Waals surface area contributed by atoms with E-state index in [1.54, 1.807) is 0 Å². The summed E-state index contributed by atoms with van der Waals surface area (Å²) in [6.07, 6.45) is 18.4. The van der Waals surface area contributed by atoms with E-state index in [0.29, 0.717) is 48.5 Å². The number of fused-ring (bicyclic) bond motifs is 2. The summed E-state index contributed by atoms with van der Waals surface area (Å²) in [7, 11) is 0. The van der Waals surface area contributed by atoms with E-state index in [4.69, 9.17) is 0 Å². The summed E-state index contributed by atoms with van der Waals surface area (Å²) in [5.41, 5.74) is 16.2. The average Bonchev–Trinajstić information content (AvgIpc) is 0.790. The van der Waals surface area contributed by atoms with Crippen LogP contribution in [0.5, 0.6) is 17.2 Å². The third-order valence-electron chi connectivity index (χ3n) is 24.1. The molecule has 0 aliphatic carbocycles. The zero-order valence-electron chi connectivity index (χ0n) is 83.3. The van der Waals surface area contributed by atoms with Gasteiger partial charge in [0, 0.05) is 137 Å². The van der Waals surface area contributed by atoms with Crippen LogP contribution in [-0.2, 0) is 66.1 Å². The highest BCUT2D eigenvalue weighted by atomic mass is 32.2. The van der Waals surface area contributed by atoms with Crippen LogP contribution in [0.3, 0.4) is 0 Å². The molecule has 0 spiro atoms. The van der Waals surface area contributed by atoms with Crippen molar-refractivity contribution in [3.05, 3.63) is 255 Å². The van der Waals surface area contributed by atoms with Gasteiger partial charge in [-0.1, -0.05) is 324 Å². The maximum atomic E-state index is 13.6. The van der Waals surface area contributed by atoms with E-state index in [1.807, 2.05) is 75.0 Å². The number of carbonyl (C=O) groups excluding carboxylic acids is 3. The predicted molar refractivity (Wildman–Crippen MR) is 564 cm³/mol. The van der Waals surface area contributed by atoms with Gasteiger partial charge in [0.25, 0.3) is 0 Å². The Morgan fingerprint density at radius 2 is 0.806 bits per heavy atom. The summed E-state index contributed by atoms with van der Waals surface area (Å²) in [4.78, 5) is 52.7. The molecule has 0 radical (unpaired) electrons. The van der Waals surface area contributed by atoms with Crippen molar-refractivity contribution >= 4 is 92.8 Å². The zero-order chi connectivity index (χ0) is 94.6. The molecule has 2 atom stereocenters. The maximum Gasteiger partial charge on any atom is 0.228 e. The second-order valence-electron chi connectivity index (χ2n) is 42.3. The highest BCUT2D eigenvalue weighted by Crippen LogP contribution is 2.47. The Labute approximate surface area is 802 Å². The van der Waals surface area contributed by atoms with E-state index >= 15 is 0 Å². The van der Waals surface area contributed by atoms with Crippen molar-refractivity contribution in [1.29, 1.82) is 0 Å². The molecule has 129 heavy (non-hydrogen) atoms. The number of phenolic OH excluding ortho intramolecular Hbond substituents is 3. The predicted octanol–water partition coefficient (Wildman–Crippen LogP) is 32.0. The van der Waals surface area contributed by atoms with Gasteiger partial charge < -0.3 is 30.0 Å². The summed E-state index contributed by atoms with van der Waals surface area (Å²) in [5, 5.41) is 33.3. The van der Waals surface area contributed by atoms with E-state index in [2.05, 4.69) is 341 Å². The normalized spacial score (nSPS) is 12.9. The molecule has 1 heterocycles. The molecule has 14 heteroatoms. The lowest BCUT2D eigenvalue weighted by molar-refractivity contribution is -0.119. The van der Waals surface area contributed by atoms with E-state index < -0.39 is 0 Å². The lowest BCUT2D eigenvalue weighted by Gasteiger charge is -2.32. The first-order chi connectivity index (χ1) is 60.8. The molecule has 2 amide bonds. The summed E-state index contributed by atoms with van der Waals surface area (Å²) in [6.45, 7) is 53.8. The zero-order valence-corrected chi connectivity index (χ0v) is 87.3. The van der Waals surface area contributed by atoms with Gasteiger partial charge in [0.2, 0.25) is 11.8 Å². The summed E-state index contributed by atoms with van der Waals surface area (Å²) in [6, 6.07) is 67.4. The third kappa shape index (κ3) is 33.9.